The third kappa shape index (κ3) is 18.1. The summed E-state index contributed by atoms with van der Waals surface area (Å²) in [6, 6.07) is 3.05. The van der Waals surface area contributed by atoms with Gasteiger partial charge in [-0.15, -0.1) is 0 Å². The van der Waals surface area contributed by atoms with E-state index in [0.717, 1.165) is 55.1 Å². The van der Waals surface area contributed by atoms with Crippen LogP contribution in [0.25, 0.3) is 4.85 Å². The van der Waals surface area contributed by atoms with Gasteiger partial charge in [0.15, 0.2) is 0 Å². The van der Waals surface area contributed by atoms with Gasteiger partial charge >= 0.3 is 41.8 Å². The molecular weight excluding hydrogens is 1020 g/mol. The van der Waals surface area contributed by atoms with Crippen LogP contribution in [-0.2, 0) is 71.5 Å². The van der Waals surface area contributed by atoms with Crippen LogP contribution < -0.4 is 9.47 Å². The van der Waals surface area contributed by atoms with E-state index in [1.807, 2.05) is 0 Å². The predicted octanol–water partition coefficient (Wildman–Crippen LogP) is 10.0. The number of unbranched alkanes of at least 4 members (excludes halogenated alkanes) is 2. The second kappa shape index (κ2) is 30.5. The van der Waals surface area contributed by atoms with Crippen LogP contribution in [0.2, 0.25) is 0 Å². The van der Waals surface area contributed by atoms with Crippen molar-refractivity contribution in [1.29, 1.82) is 0 Å². The summed E-state index contributed by atoms with van der Waals surface area (Å²) in [5.74, 6) is -5.59. The third-order valence-corrected chi connectivity index (χ3v) is 16.8. The van der Waals surface area contributed by atoms with Gasteiger partial charge in [0.25, 0.3) is 5.70 Å². The van der Waals surface area contributed by atoms with Crippen molar-refractivity contribution in [3.05, 3.63) is 59.0 Å². The molecule has 20 heteroatoms. The van der Waals surface area contributed by atoms with Gasteiger partial charge in [0.05, 0.1) is 69.5 Å². The number of ether oxygens (including phenoxy) is 9. The molecule has 5 aliphatic rings. The Morgan fingerprint density at radius 2 is 1.07 bits per heavy atom. The van der Waals surface area contributed by atoms with E-state index >= 15 is 0 Å². The van der Waals surface area contributed by atoms with E-state index in [0.29, 0.717) is 139 Å². The number of carbonyl (C=O) groups excluding carboxylic acids is 8. The topological polar surface area (TPSA) is 224 Å². The number of Topliss-reactive ketones (excluding diaryl/α,β-unsaturated/α-hetero) is 1. The summed E-state index contributed by atoms with van der Waals surface area (Å²) in [6.45, 7) is 19.3. The van der Waals surface area contributed by atoms with Crippen LogP contribution in [-0.4, -0.2) is 97.9 Å². The molecule has 0 aromatic heterocycles. The van der Waals surface area contributed by atoms with E-state index in [9.17, 15) is 38.4 Å². The number of hydrogen-bond donors (Lipinski definition) is 0. The molecule has 76 heavy (non-hydrogen) atoms. The smallest absolute Gasteiger partial charge is 0.375 e. The molecule has 6 rings (SSSR count). The van der Waals surface area contributed by atoms with Crippen molar-refractivity contribution in [2.24, 2.45) is 23.7 Å². The molecule has 1 aromatic carbocycles. The molecule has 414 valence electrons. The average Bonchev–Trinajstić information content (AvgIpc) is 3.87. The molecule has 0 spiro atoms. The van der Waals surface area contributed by atoms with Gasteiger partial charge in [-0.3, -0.25) is 28.8 Å². The lowest BCUT2D eigenvalue weighted by Crippen LogP contribution is -2.35. The molecule has 18 nitrogen and oxygen atoms in total. The van der Waals surface area contributed by atoms with Crippen LogP contribution in [0.15, 0.2) is 57.4 Å². The predicted molar refractivity (Wildman–Crippen MR) is 277 cm³/mol. The van der Waals surface area contributed by atoms with Crippen molar-refractivity contribution in [1.82, 2.24) is 0 Å². The highest BCUT2D eigenvalue weighted by atomic mass is 32.2. The first-order valence-electron chi connectivity index (χ1n) is 26.7. The standard InChI is InChI=1S/C56H71NO17S2/c1-6-45(58)69-33-11-10-32-68-40-23-15-36(16-24-40)51(61)71-41-25-17-37(18-26-41)52(62)73-43-29-30-44(50-49(43)75-56(76-50)47(57-5)54(64)70-34(3)4)74-53(63)38-19-27-42(28-20-38)72-55(65)48(60)35-13-21-39(22-14-35)67-31-9-8-12-46(59)66-7-2/h6-7,29-30,34-42H,1-2,8-28,31-33H2,3-4H3. The molecule has 0 bridgehead atoms. The van der Waals surface area contributed by atoms with Crippen LogP contribution in [0.4, 0.5) is 0 Å². The van der Waals surface area contributed by atoms with Gasteiger partial charge < -0.3 is 42.6 Å². The molecule has 0 amide bonds. The van der Waals surface area contributed by atoms with Crippen molar-refractivity contribution in [2.75, 3.05) is 19.8 Å². The zero-order valence-corrected chi connectivity index (χ0v) is 45.2. The number of hydrogen-bond acceptors (Lipinski definition) is 19. The fourth-order valence-corrected chi connectivity index (χ4v) is 12.4. The van der Waals surface area contributed by atoms with Crippen LogP contribution in [0.3, 0.4) is 0 Å². The Morgan fingerprint density at radius 1 is 0.605 bits per heavy atom. The molecule has 0 N–H and O–H groups in total. The highest BCUT2D eigenvalue weighted by Gasteiger charge is 2.39. The van der Waals surface area contributed by atoms with Crippen molar-refractivity contribution in [2.45, 2.75) is 189 Å². The first-order chi connectivity index (χ1) is 36.6. The lowest BCUT2D eigenvalue weighted by atomic mass is 9.84. The van der Waals surface area contributed by atoms with Crippen molar-refractivity contribution in [3.63, 3.8) is 0 Å². The second-order valence-corrected chi connectivity index (χ2v) is 22.3. The maximum atomic E-state index is 13.7. The van der Waals surface area contributed by atoms with Gasteiger partial charge in [0, 0.05) is 31.6 Å². The molecule has 1 aromatic rings. The van der Waals surface area contributed by atoms with Crippen molar-refractivity contribution in [3.8, 4) is 11.5 Å². The summed E-state index contributed by atoms with van der Waals surface area (Å²) in [5, 5.41) is 0. The van der Waals surface area contributed by atoms with E-state index < -0.39 is 65.6 Å². The quantitative estimate of drug-likeness (QED) is 0.0130. The molecule has 4 saturated carbocycles. The summed E-state index contributed by atoms with van der Waals surface area (Å²) >= 11 is 2.09. The summed E-state index contributed by atoms with van der Waals surface area (Å²) in [4.78, 5) is 107. The van der Waals surface area contributed by atoms with E-state index in [2.05, 4.69) is 18.0 Å². The lowest BCUT2D eigenvalue weighted by molar-refractivity contribution is -0.162. The minimum Gasteiger partial charge on any atom is -0.468 e. The second-order valence-electron chi connectivity index (χ2n) is 20.0. The van der Waals surface area contributed by atoms with Gasteiger partial charge in [0.2, 0.25) is 5.78 Å². The van der Waals surface area contributed by atoms with Crippen LogP contribution in [0, 0.1) is 30.2 Å². The summed E-state index contributed by atoms with van der Waals surface area (Å²) in [7, 11) is 0. The number of ketones is 1. The molecule has 4 fully saturated rings. The fourth-order valence-electron chi connectivity index (χ4n) is 9.90. The van der Waals surface area contributed by atoms with E-state index in [4.69, 9.17) is 49.2 Å². The Kier molecular flexibility index (Phi) is 23.9. The zero-order chi connectivity index (χ0) is 54.6. The number of carbonyl (C=O) groups is 8. The third-order valence-electron chi connectivity index (χ3n) is 14.2. The van der Waals surface area contributed by atoms with Gasteiger partial charge in [-0.1, -0.05) is 36.7 Å². The molecule has 0 unspecified atom stereocenters. The molecule has 1 aliphatic heterocycles. The summed E-state index contributed by atoms with van der Waals surface area (Å²) in [5.41, 5.74) is -0.261. The Morgan fingerprint density at radius 3 is 1.55 bits per heavy atom. The molecule has 0 radical (unpaired) electrons. The number of rotatable bonds is 25. The molecular formula is C56H71NO17S2. The Bertz CT molecular complexity index is 2330. The number of benzene rings is 1. The van der Waals surface area contributed by atoms with Gasteiger partial charge in [-0.2, -0.15) is 0 Å². The first-order valence-corrected chi connectivity index (χ1v) is 28.4. The molecule has 0 atom stereocenters. The van der Waals surface area contributed by atoms with Gasteiger partial charge in [-0.25, -0.2) is 14.4 Å². The number of esters is 7. The largest absolute Gasteiger partial charge is 0.468 e. The summed E-state index contributed by atoms with van der Waals surface area (Å²) < 4.78 is 50.9. The zero-order valence-electron chi connectivity index (χ0n) is 43.6. The monoisotopic (exact) mass is 1090 g/mol. The minimum absolute atomic E-state index is 0.0208. The van der Waals surface area contributed by atoms with Gasteiger partial charge in [0.1, 0.15) is 23.7 Å². The van der Waals surface area contributed by atoms with Crippen molar-refractivity contribution < 1.29 is 81.0 Å². The normalized spacial score (nSPS) is 24.8. The van der Waals surface area contributed by atoms with Crippen LogP contribution in [0.5, 0.6) is 11.5 Å². The van der Waals surface area contributed by atoms with Crippen LogP contribution >= 0.6 is 23.5 Å². The number of nitrogens with zero attached hydrogens (tertiary/aromatic N) is 1. The van der Waals surface area contributed by atoms with E-state index in [1.165, 1.54) is 12.1 Å². The number of thioether (sulfide) groups is 2. The molecule has 4 aliphatic carbocycles. The maximum Gasteiger partial charge on any atom is 0.375 e. The van der Waals surface area contributed by atoms with Gasteiger partial charge in [-0.05, 0) is 154 Å². The van der Waals surface area contributed by atoms with Crippen LogP contribution in [0.1, 0.15) is 149 Å². The Labute approximate surface area is 453 Å². The Hall–Kier alpha value is -5.49. The number of fused-ring (bicyclic) bond motifs is 1. The first kappa shape index (κ1) is 59.7. The van der Waals surface area contributed by atoms with E-state index in [1.54, 1.807) is 13.8 Å². The summed E-state index contributed by atoms with van der Waals surface area (Å²) in [6.07, 6.45) is 12.4. The fraction of sp³-hybridized carbons (Fsp3) is 0.625. The molecule has 0 saturated heterocycles. The molecule has 1 heterocycles. The highest BCUT2D eigenvalue weighted by Crippen LogP contribution is 2.59. The van der Waals surface area contributed by atoms with Crippen molar-refractivity contribution >= 4 is 71.1 Å². The van der Waals surface area contributed by atoms with E-state index in [-0.39, 0.29) is 64.0 Å². The minimum atomic E-state index is -0.866. The lowest BCUT2D eigenvalue weighted by Gasteiger charge is -2.31. The maximum absolute atomic E-state index is 13.7. The average molecular weight is 1090 g/mol. The highest BCUT2D eigenvalue weighted by molar-refractivity contribution is 8.24. The Balaban J connectivity index is 0.960. The SMILES string of the molecule is [C-]#[N+]C(C(=O)OC(C)C)=C1Sc2c(OC(=O)C3CCC(OC(=O)C(=O)C4CCC(OCCCCC(=O)OC=C)CC4)CC3)ccc(OC(=O)C3CCC(OC(=O)C4CCC(OCCCCOC(=O)C=C)CC4)CC3)c2S1.